The summed E-state index contributed by atoms with van der Waals surface area (Å²) in [5.41, 5.74) is 1.47. The number of rotatable bonds is 14. The molecule has 1 unspecified atom stereocenters. The number of aliphatic carboxylic acids is 1. The number of carbonyl (C=O) groups is 8. The fourth-order valence-electron chi connectivity index (χ4n) is 7.00. The quantitative estimate of drug-likeness (QED) is 0.100. The van der Waals surface area contributed by atoms with E-state index < -0.39 is 89.5 Å². The van der Waals surface area contributed by atoms with Gasteiger partial charge in [0, 0.05) is 44.4 Å². The molecular formula is C46H59N7O12S. The summed E-state index contributed by atoms with van der Waals surface area (Å²) in [6.45, 7) is 3.63. The predicted molar refractivity (Wildman–Crippen MR) is 244 cm³/mol. The van der Waals surface area contributed by atoms with Crippen LogP contribution in [0.2, 0.25) is 0 Å². The van der Waals surface area contributed by atoms with Crippen molar-refractivity contribution in [1.29, 1.82) is 0 Å². The van der Waals surface area contributed by atoms with Crippen molar-refractivity contribution >= 4 is 59.9 Å². The summed E-state index contributed by atoms with van der Waals surface area (Å²) in [5, 5.41) is 58.2. The summed E-state index contributed by atoms with van der Waals surface area (Å²) in [5.74, 6) is -7.22. The van der Waals surface area contributed by atoms with Crippen LogP contribution in [-0.4, -0.2) is 116 Å². The van der Waals surface area contributed by atoms with E-state index in [2.05, 4.69) is 49.8 Å². The van der Waals surface area contributed by atoms with Crippen LogP contribution >= 0.6 is 12.6 Å². The second-order valence-corrected chi connectivity index (χ2v) is 16.6. The van der Waals surface area contributed by atoms with Gasteiger partial charge in [0.2, 0.25) is 41.4 Å². The van der Waals surface area contributed by atoms with Gasteiger partial charge in [0.05, 0.1) is 0 Å². The molecule has 0 aromatic heterocycles. The van der Waals surface area contributed by atoms with E-state index >= 15 is 0 Å². The van der Waals surface area contributed by atoms with Gasteiger partial charge < -0.3 is 57.6 Å². The Kier molecular flexibility index (Phi) is 20.1. The molecule has 1 aliphatic rings. The van der Waals surface area contributed by atoms with E-state index in [1.807, 2.05) is 0 Å². The first-order valence-corrected chi connectivity index (χ1v) is 22.3. The molecule has 0 radical (unpaired) electrons. The second kappa shape index (κ2) is 25.6. The van der Waals surface area contributed by atoms with Crippen LogP contribution in [0.25, 0.3) is 0 Å². The zero-order valence-electron chi connectivity index (χ0n) is 36.7. The van der Waals surface area contributed by atoms with Gasteiger partial charge in [0.15, 0.2) is 0 Å². The average molecular weight is 934 g/mol. The van der Waals surface area contributed by atoms with E-state index in [-0.39, 0.29) is 74.5 Å². The predicted octanol–water partition coefficient (Wildman–Crippen LogP) is 0.881. The zero-order chi connectivity index (χ0) is 48.3. The number of hydrogen-bond acceptors (Lipinski definition) is 12. The lowest BCUT2D eigenvalue weighted by Crippen LogP contribution is -2.61. The van der Waals surface area contributed by atoms with Gasteiger partial charge in [0.1, 0.15) is 53.5 Å². The van der Waals surface area contributed by atoms with Crippen molar-refractivity contribution < 1.29 is 58.8 Å². The Bertz CT molecular complexity index is 2160. The molecule has 7 atom stereocenters. The lowest BCUT2D eigenvalue weighted by molar-refractivity contribution is -0.142. The van der Waals surface area contributed by atoms with Gasteiger partial charge in [-0.05, 0) is 78.3 Å². The van der Waals surface area contributed by atoms with Gasteiger partial charge in [-0.25, -0.2) is 4.79 Å². The molecule has 3 aromatic carbocycles. The van der Waals surface area contributed by atoms with Gasteiger partial charge in [0.25, 0.3) is 0 Å². The number of carbonyl (C=O) groups excluding carboxylic acids is 7. The smallest absolute Gasteiger partial charge is 0.326 e. The highest BCUT2D eigenvalue weighted by Crippen LogP contribution is 2.17. The van der Waals surface area contributed by atoms with Crippen molar-refractivity contribution in [3.8, 4) is 17.2 Å². The maximum atomic E-state index is 14.4. The first-order chi connectivity index (χ1) is 31.5. The van der Waals surface area contributed by atoms with Crippen LogP contribution < -0.4 is 37.2 Å². The molecule has 0 saturated carbocycles. The highest BCUT2D eigenvalue weighted by molar-refractivity contribution is 7.80. The lowest BCUT2D eigenvalue weighted by atomic mass is 9.96. The molecule has 1 saturated heterocycles. The number of phenols is 3. The number of amides is 7. The maximum absolute atomic E-state index is 14.4. The first-order valence-electron chi connectivity index (χ1n) is 21.7. The molecule has 20 heteroatoms. The van der Waals surface area contributed by atoms with Gasteiger partial charge in [-0.1, -0.05) is 56.7 Å². The van der Waals surface area contributed by atoms with Crippen LogP contribution in [0, 0.1) is 5.92 Å². The fourth-order valence-corrected chi connectivity index (χ4v) is 7.26. The van der Waals surface area contributed by atoms with Crippen molar-refractivity contribution in [2.75, 3.05) is 12.3 Å². The summed E-state index contributed by atoms with van der Waals surface area (Å²) in [6.07, 6.45) is -0.0199. The minimum Gasteiger partial charge on any atom is -0.508 e. The molecule has 66 heavy (non-hydrogen) atoms. The summed E-state index contributed by atoms with van der Waals surface area (Å²) in [7, 11) is 0. The molecule has 356 valence electrons. The molecule has 0 spiro atoms. The number of carboxylic acids is 1. The molecule has 0 aliphatic carbocycles. The van der Waals surface area contributed by atoms with E-state index in [1.165, 1.54) is 72.8 Å². The molecular weight excluding hydrogens is 875 g/mol. The number of carboxylic acid groups (broad SMARTS) is 1. The van der Waals surface area contributed by atoms with Crippen LogP contribution in [0.1, 0.15) is 69.1 Å². The zero-order valence-corrected chi connectivity index (χ0v) is 37.6. The van der Waals surface area contributed by atoms with Gasteiger partial charge >= 0.3 is 5.97 Å². The third-order valence-electron chi connectivity index (χ3n) is 11.1. The van der Waals surface area contributed by atoms with Crippen molar-refractivity contribution in [3.05, 3.63) is 89.5 Å². The van der Waals surface area contributed by atoms with Gasteiger partial charge in [-0.2, -0.15) is 12.6 Å². The van der Waals surface area contributed by atoms with Crippen LogP contribution in [0.5, 0.6) is 17.2 Å². The largest absolute Gasteiger partial charge is 0.508 e. The molecule has 19 nitrogen and oxygen atoms in total. The molecule has 7 amide bonds. The van der Waals surface area contributed by atoms with E-state index in [0.29, 0.717) is 29.5 Å². The third-order valence-corrected chi connectivity index (χ3v) is 11.5. The number of hydrogen-bond donors (Lipinski definition) is 12. The average Bonchev–Trinajstić information content (AvgIpc) is 3.29. The van der Waals surface area contributed by atoms with Crippen molar-refractivity contribution in [1.82, 2.24) is 37.2 Å². The van der Waals surface area contributed by atoms with Crippen LogP contribution in [0.15, 0.2) is 72.8 Å². The van der Waals surface area contributed by atoms with E-state index in [1.54, 1.807) is 13.8 Å². The summed E-state index contributed by atoms with van der Waals surface area (Å²) < 4.78 is 0. The number of aromatic hydroxyl groups is 3. The molecule has 1 fully saturated rings. The Hall–Kier alpha value is -6.83. The molecule has 11 N–H and O–H groups in total. The van der Waals surface area contributed by atoms with Crippen molar-refractivity contribution in [3.63, 3.8) is 0 Å². The lowest BCUT2D eigenvalue weighted by Gasteiger charge is -2.29. The Morgan fingerprint density at radius 2 is 1.20 bits per heavy atom. The summed E-state index contributed by atoms with van der Waals surface area (Å²) >= 11 is 4.22. The third kappa shape index (κ3) is 16.6. The fraction of sp³-hybridized carbons (Fsp3) is 0.435. The minimum absolute atomic E-state index is 0.0422. The Labute approximate surface area is 387 Å². The maximum Gasteiger partial charge on any atom is 0.326 e. The number of thiol groups is 1. The standard InChI is InChI=1S/C46H59N7O12S/c1-3-26(2)40-45(63)51-35(23-28-9-15-31(55)16-10-28)42(60)49-33(6-4-5-21-47-38(57)19-20-39(58)48-37(25-66)44(62)53-40)41(59)50-34(22-27-7-13-30(54)14-8-27)43(61)52-36(46(64)65)24-29-11-17-32(56)18-12-29/h7-18,26,33-37,40,54-56,66H,3-6,19-25H2,1-2H3,(H,47,57)(H,48,58)(H,49,60)(H,50,59)(H,51,63)(H,52,61)(H,53,62)(H,64,65)/t26?,33-,34-,35-,36-,37-,40-/m0/s1. The van der Waals surface area contributed by atoms with Gasteiger partial charge in [-0.3, -0.25) is 33.6 Å². The van der Waals surface area contributed by atoms with Crippen LogP contribution in [-0.2, 0) is 57.6 Å². The Morgan fingerprint density at radius 3 is 1.74 bits per heavy atom. The highest BCUT2D eigenvalue weighted by atomic mass is 32.1. The van der Waals surface area contributed by atoms with E-state index in [9.17, 15) is 58.8 Å². The molecule has 0 bridgehead atoms. The molecule has 1 aliphatic heterocycles. The van der Waals surface area contributed by atoms with Gasteiger partial charge in [-0.15, -0.1) is 0 Å². The minimum atomic E-state index is -1.47. The topological polar surface area (TPSA) is 302 Å². The molecule has 3 aromatic rings. The Morgan fingerprint density at radius 1 is 0.667 bits per heavy atom. The van der Waals surface area contributed by atoms with Crippen LogP contribution in [0.3, 0.4) is 0 Å². The highest BCUT2D eigenvalue weighted by Gasteiger charge is 2.35. The number of nitrogens with one attached hydrogen (secondary N) is 7. The number of benzene rings is 3. The monoisotopic (exact) mass is 933 g/mol. The van der Waals surface area contributed by atoms with E-state index in [4.69, 9.17) is 0 Å². The molecule has 1 heterocycles. The second-order valence-electron chi connectivity index (χ2n) is 16.2. The van der Waals surface area contributed by atoms with Crippen LogP contribution in [0.4, 0.5) is 0 Å². The normalized spacial score (nSPS) is 20.7. The van der Waals surface area contributed by atoms with Crippen molar-refractivity contribution in [2.45, 2.75) is 108 Å². The van der Waals surface area contributed by atoms with E-state index in [0.717, 1.165) is 0 Å². The summed E-state index contributed by atoms with van der Waals surface area (Å²) in [6, 6.07) is 9.35. The SMILES string of the molecule is CCC(C)[C@@H]1NC(=O)[C@H](CS)NC(=O)CCC(=O)NCCCC[C@@H](C(=O)N[C@@H](Cc2ccc(O)cc2)C(=O)N[C@@H](Cc2ccc(O)cc2)C(=O)O)NC(=O)[C@H](Cc2ccc(O)cc2)NC1=O. The number of phenolic OH excluding ortho intramolecular Hbond substituents is 3. The van der Waals surface area contributed by atoms with Crippen molar-refractivity contribution in [2.24, 2.45) is 5.92 Å². The first kappa shape index (κ1) is 51.8. The molecule has 4 rings (SSSR count). The Balaban J connectivity index is 1.69. The summed E-state index contributed by atoms with van der Waals surface area (Å²) in [4.78, 5) is 108.